The number of hydrogen-bond donors (Lipinski definition) is 1. The number of benzene rings is 2. The molecule has 0 radical (unpaired) electrons. The van der Waals surface area contributed by atoms with Crippen molar-refractivity contribution in [3.8, 4) is 11.5 Å². The summed E-state index contributed by atoms with van der Waals surface area (Å²) in [4.78, 5) is 14.1. The molecule has 3 rings (SSSR count). The summed E-state index contributed by atoms with van der Waals surface area (Å²) in [5, 5.41) is 2.38. The molecule has 5 nitrogen and oxygen atoms in total. The van der Waals surface area contributed by atoms with Crippen LogP contribution in [-0.4, -0.2) is 44.3 Å². The van der Waals surface area contributed by atoms with Crippen LogP contribution >= 0.6 is 0 Å². The summed E-state index contributed by atoms with van der Waals surface area (Å²) in [6.07, 6.45) is -3.90. The largest absolute Gasteiger partial charge is 0.493 e. The number of methoxy groups -OCH3 is 2. The molecule has 1 unspecified atom stereocenters. The summed E-state index contributed by atoms with van der Waals surface area (Å²) in [6, 6.07) is 9.32. The first kappa shape index (κ1) is 21.0. The summed E-state index contributed by atoms with van der Waals surface area (Å²) >= 11 is 0. The zero-order valence-corrected chi connectivity index (χ0v) is 16.3. The van der Waals surface area contributed by atoms with E-state index in [0.717, 1.165) is 11.1 Å². The topological polar surface area (TPSA) is 50.8 Å². The number of fused-ring (bicyclic) bond motifs is 1. The SMILES string of the molecule is COc1cc2c(cc1OC)CN(C(=O)CNC(c1ccccc1)C(F)(F)F)CC2. The first-order chi connectivity index (χ1) is 13.8. The first-order valence-electron chi connectivity index (χ1n) is 9.20. The second kappa shape index (κ2) is 8.73. The molecule has 1 atom stereocenters. The van der Waals surface area contributed by atoms with E-state index in [1.54, 1.807) is 30.2 Å². The number of hydrogen-bond acceptors (Lipinski definition) is 4. The van der Waals surface area contributed by atoms with Gasteiger partial charge in [0, 0.05) is 13.1 Å². The maximum atomic E-state index is 13.4. The van der Waals surface area contributed by atoms with Crippen LogP contribution in [0.3, 0.4) is 0 Å². The molecule has 0 saturated heterocycles. The molecule has 0 bridgehead atoms. The third-order valence-corrected chi connectivity index (χ3v) is 4.99. The maximum Gasteiger partial charge on any atom is 0.407 e. The molecule has 1 aliphatic rings. The van der Waals surface area contributed by atoms with E-state index in [0.29, 0.717) is 31.0 Å². The van der Waals surface area contributed by atoms with Gasteiger partial charge in [0.05, 0.1) is 20.8 Å². The number of ether oxygens (including phenoxy) is 2. The number of rotatable bonds is 6. The third kappa shape index (κ3) is 4.82. The van der Waals surface area contributed by atoms with Crippen LogP contribution in [0.5, 0.6) is 11.5 Å². The van der Waals surface area contributed by atoms with Crippen LogP contribution in [0.1, 0.15) is 22.7 Å². The standard InChI is InChI=1S/C21H23F3N2O3/c1-28-17-10-15-8-9-26(13-16(15)11-18(17)29-2)19(27)12-25-20(21(22,23)24)14-6-4-3-5-7-14/h3-7,10-11,20,25H,8-9,12-13H2,1-2H3. The minimum atomic E-state index is -4.50. The van der Waals surface area contributed by atoms with E-state index < -0.39 is 18.8 Å². The smallest absolute Gasteiger partial charge is 0.407 e. The molecule has 156 valence electrons. The van der Waals surface area contributed by atoms with Gasteiger partial charge in [0.15, 0.2) is 11.5 Å². The van der Waals surface area contributed by atoms with Gasteiger partial charge in [0.2, 0.25) is 5.91 Å². The van der Waals surface area contributed by atoms with E-state index >= 15 is 0 Å². The molecule has 0 aliphatic carbocycles. The van der Waals surface area contributed by atoms with Crippen molar-refractivity contribution < 1.29 is 27.4 Å². The van der Waals surface area contributed by atoms with Crippen LogP contribution in [0.4, 0.5) is 13.2 Å². The minimum Gasteiger partial charge on any atom is -0.493 e. The second-order valence-electron chi connectivity index (χ2n) is 6.81. The molecule has 1 amide bonds. The first-order valence-corrected chi connectivity index (χ1v) is 9.20. The van der Waals surface area contributed by atoms with Gasteiger partial charge in [-0.1, -0.05) is 30.3 Å². The van der Waals surface area contributed by atoms with E-state index in [-0.39, 0.29) is 11.5 Å². The molecule has 2 aromatic rings. The molecule has 1 N–H and O–H groups in total. The molecular formula is C21H23F3N2O3. The van der Waals surface area contributed by atoms with E-state index in [2.05, 4.69) is 5.32 Å². The zero-order valence-electron chi connectivity index (χ0n) is 16.3. The number of nitrogens with one attached hydrogen (secondary N) is 1. The lowest BCUT2D eigenvalue weighted by Crippen LogP contribution is -2.44. The fourth-order valence-electron chi connectivity index (χ4n) is 3.47. The van der Waals surface area contributed by atoms with Crippen molar-refractivity contribution in [2.24, 2.45) is 0 Å². The fourth-order valence-corrected chi connectivity index (χ4v) is 3.47. The number of amides is 1. The zero-order chi connectivity index (χ0) is 21.0. The van der Waals surface area contributed by atoms with Crippen LogP contribution in [0.2, 0.25) is 0 Å². The summed E-state index contributed by atoms with van der Waals surface area (Å²) in [5.41, 5.74) is 2.02. The van der Waals surface area contributed by atoms with Gasteiger partial charge in [-0.05, 0) is 35.2 Å². The normalized spacial score (nSPS) is 14.9. The summed E-state index contributed by atoms with van der Waals surface area (Å²) in [7, 11) is 3.08. The van der Waals surface area contributed by atoms with Gasteiger partial charge >= 0.3 is 6.18 Å². The lowest BCUT2D eigenvalue weighted by molar-refractivity contribution is -0.159. The predicted octanol–water partition coefficient (Wildman–Crippen LogP) is 3.48. The van der Waals surface area contributed by atoms with Crippen molar-refractivity contribution in [3.63, 3.8) is 0 Å². The van der Waals surface area contributed by atoms with Crippen molar-refractivity contribution in [1.82, 2.24) is 10.2 Å². The van der Waals surface area contributed by atoms with Crippen molar-refractivity contribution in [2.45, 2.75) is 25.2 Å². The molecule has 0 fully saturated rings. The van der Waals surface area contributed by atoms with Crippen LogP contribution in [0.25, 0.3) is 0 Å². The average Bonchev–Trinajstić information content (AvgIpc) is 2.72. The molecule has 2 aromatic carbocycles. The van der Waals surface area contributed by atoms with Gasteiger partial charge in [-0.2, -0.15) is 13.2 Å². The highest BCUT2D eigenvalue weighted by Crippen LogP contribution is 2.34. The Balaban J connectivity index is 1.69. The number of halogens is 3. The quantitative estimate of drug-likeness (QED) is 0.795. The van der Waals surface area contributed by atoms with E-state index in [1.165, 1.54) is 19.2 Å². The van der Waals surface area contributed by atoms with Gasteiger partial charge in [-0.3, -0.25) is 10.1 Å². The summed E-state index contributed by atoms with van der Waals surface area (Å²) in [6.45, 7) is 0.352. The van der Waals surface area contributed by atoms with Gasteiger partial charge in [-0.15, -0.1) is 0 Å². The van der Waals surface area contributed by atoms with Crippen LogP contribution in [0, 0.1) is 0 Å². The molecule has 0 aromatic heterocycles. The molecule has 1 aliphatic heterocycles. The lowest BCUT2D eigenvalue weighted by Gasteiger charge is -2.30. The highest BCUT2D eigenvalue weighted by molar-refractivity contribution is 5.78. The average molecular weight is 408 g/mol. The molecular weight excluding hydrogens is 385 g/mol. The predicted molar refractivity (Wildman–Crippen MR) is 102 cm³/mol. The molecule has 8 heteroatoms. The van der Waals surface area contributed by atoms with Crippen molar-refractivity contribution in [1.29, 1.82) is 0 Å². The van der Waals surface area contributed by atoms with Crippen LogP contribution in [0.15, 0.2) is 42.5 Å². The molecule has 29 heavy (non-hydrogen) atoms. The highest BCUT2D eigenvalue weighted by Gasteiger charge is 2.41. The number of carbonyl (C=O) groups is 1. The lowest BCUT2D eigenvalue weighted by atomic mass is 9.98. The van der Waals surface area contributed by atoms with Crippen molar-refractivity contribution in [3.05, 3.63) is 59.2 Å². The van der Waals surface area contributed by atoms with Gasteiger partial charge in [-0.25, -0.2) is 0 Å². The Labute approximate surface area is 167 Å². The summed E-state index contributed by atoms with van der Waals surface area (Å²) in [5.74, 6) is 0.791. The van der Waals surface area contributed by atoms with Crippen molar-refractivity contribution >= 4 is 5.91 Å². The van der Waals surface area contributed by atoms with Gasteiger partial charge < -0.3 is 14.4 Å². The monoisotopic (exact) mass is 408 g/mol. The van der Waals surface area contributed by atoms with Gasteiger partial charge in [0.1, 0.15) is 6.04 Å². The molecule has 1 heterocycles. The van der Waals surface area contributed by atoms with Gasteiger partial charge in [0.25, 0.3) is 0 Å². The van der Waals surface area contributed by atoms with Crippen LogP contribution in [-0.2, 0) is 17.8 Å². The minimum absolute atomic E-state index is 0.0774. The highest BCUT2D eigenvalue weighted by atomic mass is 19.4. The van der Waals surface area contributed by atoms with Crippen molar-refractivity contribution in [2.75, 3.05) is 27.3 Å². The Morgan fingerprint density at radius 3 is 2.31 bits per heavy atom. The third-order valence-electron chi connectivity index (χ3n) is 4.99. The Hall–Kier alpha value is -2.74. The van der Waals surface area contributed by atoms with E-state index in [1.807, 2.05) is 12.1 Å². The fraction of sp³-hybridized carbons (Fsp3) is 0.381. The van der Waals surface area contributed by atoms with Crippen LogP contribution < -0.4 is 14.8 Å². The van der Waals surface area contributed by atoms with E-state index in [9.17, 15) is 18.0 Å². The maximum absolute atomic E-state index is 13.4. The Morgan fingerprint density at radius 2 is 1.72 bits per heavy atom. The number of nitrogens with zero attached hydrogens (tertiary/aromatic N) is 1. The van der Waals surface area contributed by atoms with E-state index in [4.69, 9.17) is 9.47 Å². The summed E-state index contributed by atoms with van der Waals surface area (Å²) < 4.78 is 50.9. The number of carbonyl (C=O) groups excluding carboxylic acids is 1. The Bertz CT molecular complexity index is 856. The second-order valence-corrected chi connectivity index (χ2v) is 6.81. The number of alkyl halides is 3. The Morgan fingerprint density at radius 1 is 1.10 bits per heavy atom. The molecule has 0 saturated carbocycles. The molecule has 0 spiro atoms. The Kier molecular flexibility index (Phi) is 6.32.